The van der Waals surface area contributed by atoms with Crippen molar-refractivity contribution in [3.63, 3.8) is 0 Å². The Kier molecular flexibility index (Phi) is 5.51. The van der Waals surface area contributed by atoms with Crippen molar-refractivity contribution in [3.8, 4) is 0 Å². The first kappa shape index (κ1) is 16.8. The number of nitrogens with one attached hydrogen (secondary N) is 1. The van der Waals surface area contributed by atoms with Gasteiger partial charge in [-0.05, 0) is 18.1 Å². The Morgan fingerprint density at radius 3 is 2.60 bits per heavy atom. The van der Waals surface area contributed by atoms with E-state index >= 15 is 0 Å². The quantitative estimate of drug-likeness (QED) is 0.720. The van der Waals surface area contributed by atoms with Crippen molar-refractivity contribution in [2.24, 2.45) is 0 Å². The van der Waals surface area contributed by atoms with Gasteiger partial charge in [0.05, 0.1) is 12.6 Å². The van der Waals surface area contributed by atoms with Gasteiger partial charge in [0.15, 0.2) is 0 Å². The van der Waals surface area contributed by atoms with E-state index in [2.05, 4.69) is 15.4 Å². The van der Waals surface area contributed by atoms with E-state index in [1.807, 2.05) is 30.3 Å². The van der Waals surface area contributed by atoms with Gasteiger partial charge < -0.3 is 5.32 Å². The maximum atomic E-state index is 14.2. The number of nitrogens with zero attached hydrogens (tertiary/aromatic N) is 3. The van der Waals surface area contributed by atoms with Crippen molar-refractivity contribution >= 4 is 5.91 Å². The minimum atomic E-state index is -0.424. The van der Waals surface area contributed by atoms with Gasteiger partial charge in [-0.25, -0.2) is 9.37 Å². The van der Waals surface area contributed by atoms with Crippen LogP contribution >= 0.6 is 0 Å². The van der Waals surface area contributed by atoms with Crippen LogP contribution in [0, 0.1) is 5.82 Å². The molecule has 0 bridgehead atoms. The Hall–Kier alpha value is -3.02. The van der Waals surface area contributed by atoms with E-state index in [4.69, 9.17) is 0 Å². The predicted molar refractivity (Wildman–Crippen MR) is 92.1 cm³/mol. The van der Waals surface area contributed by atoms with E-state index in [0.29, 0.717) is 18.5 Å². The summed E-state index contributed by atoms with van der Waals surface area (Å²) in [4.78, 5) is 16.2. The summed E-state index contributed by atoms with van der Waals surface area (Å²) >= 11 is 0. The van der Waals surface area contributed by atoms with Gasteiger partial charge in [-0.2, -0.15) is 5.10 Å². The highest BCUT2D eigenvalue weighted by molar-refractivity contribution is 5.76. The van der Waals surface area contributed by atoms with E-state index < -0.39 is 6.04 Å². The Morgan fingerprint density at radius 1 is 1.12 bits per heavy atom. The molecule has 3 rings (SSSR count). The Balaban J connectivity index is 1.71. The van der Waals surface area contributed by atoms with E-state index in [1.54, 1.807) is 29.2 Å². The molecular formula is C19H19FN4O. The minimum Gasteiger partial charge on any atom is -0.349 e. The fraction of sp³-hybridized carbons (Fsp3) is 0.211. The van der Waals surface area contributed by atoms with Crippen LogP contribution in [0.3, 0.4) is 0 Å². The second-order valence-electron chi connectivity index (χ2n) is 5.74. The number of halogens is 1. The van der Waals surface area contributed by atoms with Gasteiger partial charge in [-0.1, -0.05) is 48.5 Å². The highest BCUT2D eigenvalue weighted by atomic mass is 19.1. The minimum absolute atomic E-state index is 0.153. The molecule has 1 atom stereocenters. The van der Waals surface area contributed by atoms with E-state index in [0.717, 1.165) is 5.56 Å². The molecule has 0 saturated carbocycles. The van der Waals surface area contributed by atoms with Crippen LogP contribution < -0.4 is 5.32 Å². The number of hydrogen-bond acceptors (Lipinski definition) is 3. The van der Waals surface area contributed by atoms with E-state index in [9.17, 15) is 9.18 Å². The third kappa shape index (κ3) is 4.73. The number of carbonyl (C=O) groups is 1. The average Bonchev–Trinajstić information content (AvgIpc) is 3.14. The molecule has 1 heterocycles. The van der Waals surface area contributed by atoms with Gasteiger partial charge >= 0.3 is 0 Å². The molecule has 1 amide bonds. The van der Waals surface area contributed by atoms with Crippen molar-refractivity contribution in [2.45, 2.75) is 25.4 Å². The van der Waals surface area contributed by atoms with Crippen LogP contribution in [-0.4, -0.2) is 20.7 Å². The van der Waals surface area contributed by atoms with Crippen LogP contribution in [0.4, 0.5) is 4.39 Å². The molecule has 128 valence electrons. The predicted octanol–water partition coefficient (Wildman–Crippen LogP) is 2.91. The van der Waals surface area contributed by atoms with Gasteiger partial charge in [0.1, 0.15) is 18.5 Å². The zero-order valence-electron chi connectivity index (χ0n) is 13.7. The average molecular weight is 338 g/mol. The first-order chi connectivity index (χ1) is 12.2. The lowest BCUT2D eigenvalue weighted by Gasteiger charge is -2.20. The number of amides is 1. The van der Waals surface area contributed by atoms with Crippen molar-refractivity contribution in [2.75, 3.05) is 0 Å². The third-order valence-electron chi connectivity index (χ3n) is 3.93. The summed E-state index contributed by atoms with van der Waals surface area (Å²) < 4.78 is 15.8. The van der Waals surface area contributed by atoms with Gasteiger partial charge in [0.2, 0.25) is 5.91 Å². The smallest absolute Gasteiger partial charge is 0.222 e. The first-order valence-corrected chi connectivity index (χ1v) is 8.12. The molecule has 0 aliphatic carbocycles. The summed E-state index contributed by atoms with van der Waals surface area (Å²) in [7, 11) is 0. The van der Waals surface area contributed by atoms with Crippen molar-refractivity contribution < 1.29 is 9.18 Å². The molecule has 1 aromatic heterocycles. The normalized spacial score (nSPS) is 11.9. The van der Waals surface area contributed by atoms with Crippen LogP contribution in [-0.2, 0) is 17.8 Å². The SMILES string of the molecule is O=C(CCn1cncn1)NC(Cc1ccccc1)c1ccccc1F. The molecule has 0 fully saturated rings. The lowest BCUT2D eigenvalue weighted by atomic mass is 9.98. The molecule has 1 N–H and O–H groups in total. The lowest BCUT2D eigenvalue weighted by Crippen LogP contribution is -2.31. The summed E-state index contributed by atoms with van der Waals surface area (Å²) in [6.45, 7) is 0.432. The number of aromatic nitrogens is 3. The molecular weight excluding hydrogens is 319 g/mol. The Labute approximate surface area is 145 Å². The molecule has 6 heteroatoms. The van der Waals surface area contributed by atoms with Crippen LogP contribution in [0.15, 0.2) is 67.3 Å². The summed E-state index contributed by atoms with van der Waals surface area (Å²) in [5.41, 5.74) is 1.52. The highest BCUT2D eigenvalue weighted by Crippen LogP contribution is 2.21. The zero-order valence-corrected chi connectivity index (χ0v) is 13.7. The molecule has 0 aliphatic rings. The standard InChI is InChI=1S/C19H19FN4O/c20-17-9-5-4-8-16(17)18(12-15-6-2-1-3-7-15)23-19(25)10-11-24-14-21-13-22-24/h1-9,13-14,18H,10-12H2,(H,23,25). The van der Waals surface area contributed by atoms with Crippen LogP contribution in [0.25, 0.3) is 0 Å². The summed E-state index contributed by atoms with van der Waals surface area (Å²) in [5.74, 6) is -0.473. The number of aryl methyl sites for hydroxylation is 1. The van der Waals surface area contributed by atoms with Crippen molar-refractivity contribution in [1.29, 1.82) is 0 Å². The molecule has 0 spiro atoms. The monoisotopic (exact) mass is 338 g/mol. The summed E-state index contributed by atoms with van der Waals surface area (Å²) in [5, 5.41) is 6.92. The van der Waals surface area contributed by atoms with Gasteiger partial charge in [-0.3, -0.25) is 9.48 Å². The Morgan fingerprint density at radius 2 is 1.88 bits per heavy atom. The molecule has 0 saturated heterocycles. The second-order valence-corrected chi connectivity index (χ2v) is 5.74. The fourth-order valence-electron chi connectivity index (χ4n) is 2.68. The van der Waals surface area contributed by atoms with Gasteiger partial charge in [0, 0.05) is 12.0 Å². The molecule has 1 unspecified atom stereocenters. The van der Waals surface area contributed by atoms with Gasteiger partial charge in [0.25, 0.3) is 0 Å². The van der Waals surface area contributed by atoms with Crippen LogP contribution in [0.2, 0.25) is 0 Å². The number of rotatable bonds is 7. The summed E-state index contributed by atoms with van der Waals surface area (Å²) in [6.07, 6.45) is 3.76. The second kappa shape index (κ2) is 8.19. The molecule has 0 radical (unpaired) electrons. The molecule has 25 heavy (non-hydrogen) atoms. The number of benzene rings is 2. The van der Waals surface area contributed by atoms with E-state index in [-0.39, 0.29) is 18.1 Å². The maximum absolute atomic E-state index is 14.2. The molecule has 2 aromatic carbocycles. The lowest BCUT2D eigenvalue weighted by molar-refractivity contribution is -0.122. The maximum Gasteiger partial charge on any atom is 0.222 e. The van der Waals surface area contributed by atoms with Crippen LogP contribution in [0.1, 0.15) is 23.6 Å². The van der Waals surface area contributed by atoms with Crippen molar-refractivity contribution in [1.82, 2.24) is 20.1 Å². The zero-order chi connectivity index (χ0) is 17.5. The van der Waals surface area contributed by atoms with Crippen molar-refractivity contribution in [3.05, 3.63) is 84.2 Å². The first-order valence-electron chi connectivity index (χ1n) is 8.12. The Bertz CT molecular complexity index is 805. The summed E-state index contributed by atoms with van der Waals surface area (Å²) in [6, 6.07) is 15.8. The molecule has 0 aliphatic heterocycles. The highest BCUT2D eigenvalue weighted by Gasteiger charge is 2.18. The topological polar surface area (TPSA) is 59.8 Å². The molecule has 3 aromatic rings. The largest absolute Gasteiger partial charge is 0.349 e. The van der Waals surface area contributed by atoms with Crippen LogP contribution in [0.5, 0.6) is 0 Å². The number of hydrogen-bond donors (Lipinski definition) is 1. The fourth-order valence-corrected chi connectivity index (χ4v) is 2.68. The third-order valence-corrected chi connectivity index (χ3v) is 3.93. The number of carbonyl (C=O) groups excluding carboxylic acids is 1. The van der Waals surface area contributed by atoms with Gasteiger partial charge in [-0.15, -0.1) is 0 Å². The van der Waals surface area contributed by atoms with E-state index in [1.165, 1.54) is 12.4 Å². The molecule has 5 nitrogen and oxygen atoms in total.